The number of aryl methyl sites for hydroxylation is 1. The quantitative estimate of drug-likeness (QED) is 0.786. The number of hydrogen-bond donors (Lipinski definition) is 2. The van der Waals surface area contributed by atoms with Gasteiger partial charge in [0.1, 0.15) is 5.58 Å². The molecule has 0 aliphatic rings. The van der Waals surface area contributed by atoms with E-state index in [9.17, 15) is 9.90 Å². The van der Waals surface area contributed by atoms with E-state index >= 15 is 0 Å². The van der Waals surface area contributed by atoms with Gasteiger partial charge in [-0.2, -0.15) is 0 Å². The van der Waals surface area contributed by atoms with Crippen LogP contribution >= 0.6 is 0 Å². The molecule has 0 aliphatic carbocycles. The summed E-state index contributed by atoms with van der Waals surface area (Å²) in [4.78, 5) is 10.7. The fourth-order valence-electron chi connectivity index (χ4n) is 1.56. The number of hydrogen-bond acceptors (Lipinski definition) is 3. The van der Waals surface area contributed by atoms with Gasteiger partial charge in [0.2, 0.25) is 0 Å². The van der Waals surface area contributed by atoms with Gasteiger partial charge in [-0.3, -0.25) is 0 Å². The monoisotopic (exact) mass is 206 g/mol. The Morgan fingerprint density at radius 3 is 2.87 bits per heavy atom. The fourth-order valence-corrected chi connectivity index (χ4v) is 1.56. The van der Waals surface area contributed by atoms with Crippen molar-refractivity contribution in [3.05, 3.63) is 35.6 Å². The van der Waals surface area contributed by atoms with E-state index < -0.39 is 12.1 Å². The van der Waals surface area contributed by atoms with Gasteiger partial charge < -0.3 is 14.6 Å². The molecule has 1 atom stereocenters. The van der Waals surface area contributed by atoms with Gasteiger partial charge in [-0.1, -0.05) is 18.2 Å². The van der Waals surface area contributed by atoms with E-state index in [4.69, 9.17) is 9.52 Å². The second kappa shape index (κ2) is 3.40. The largest absolute Gasteiger partial charge is 0.479 e. The van der Waals surface area contributed by atoms with E-state index in [2.05, 4.69) is 0 Å². The molecule has 1 heterocycles. The molecule has 0 spiro atoms. The molecule has 2 rings (SSSR count). The summed E-state index contributed by atoms with van der Waals surface area (Å²) < 4.78 is 5.23. The zero-order chi connectivity index (χ0) is 11.0. The lowest BCUT2D eigenvalue weighted by atomic mass is 10.1. The standard InChI is InChI=1S/C11H10O4/c1-6-5-15-10-7(6)3-2-4-8(10)9(12)11(13)14/h2-5,9,12H,1H3,(H,13,14). The van der Waals surface area contributed by atoms with Crippen LogP contribution in [0.1, 0.15) is 17.2 Å². The molecule has 2 aromatic rings. The van der Waals surface area contributed by atoms with Crippen LogP contribution in [0.25, 0.3) is 11.0 Å². The summed E-state index contributed by atoms with van der Waals surface area (Å²) in [6, 6.07) is 5.07. The number of aliphatic hydroxyl groups excluding tert-OH is 1. The first kappa shape index (κ1) is 9.73. The summed E-state index contributed by atoms with van der Waals surface area (Å²) in [5.74, 6) is -1.28. The fraction of sp³-hybridized carbons (Fsp3) is 0.182. The van der Waals surface area contributed by atoms with Gasteiger partial charge in [-0.25, -0.2) is 4.79 Å². The molecule has 1 unspecified atom stereocenters. The summed E-state index contributed by atoms with van der Waals surface area (Å²) in [7, 11) is 0. The molecule has 1 aromatic carbocycles. The Morgan fingerprint density at radius 1 is 1.47 bits per heavy atom. The van der Waals surface area contributed by atoms with Crippen LogP contribution in [0, 0.1) is 6.92 Å². The van der Waals surface area contributed by atoms with Gasteiger partial charge >= 0.3 is 5.97 Å². The van der Waals surface area contributed by atoms with Crippen LogP contribution in [0.2, 0.25) is 0 Å². The van der Waals surface area contributed by atoms with Crippen LogP contribution in [-0.2, 0) is 4.79 Å². The van der Waals surface area contributed by atoms with Crippen LogP contribution in [0.15, 0.2) is 28.9 Å². The molecule has 15 heavy (non-hydrogen) atoms. The van der Waals surface area contributed by atoms with Crippen molar-refractivity contribution < 1.29 is 19.4 Å². The van der Waals surface area contributed by atoms with Gasteiger partial charge in [-0.05, 0) is 12.5 Å². The third-order valence-corrected chi connectivity index (χ3v) is 2.35. The molecule has 4 heteroatoms. The first-order chi connectivity index (χ1) is 7.11. The van der Waals surface area contributed by atoms with Crippen LogP contribution < -0.4 is 0 Å². The summed E-state index contributed by atoms with van der Waals surface area (Å²) in [5, 5.41) is 19.0. The minimum Gasteiger partial charge on any atom is -0.479 e. The zero-order valence-electron chi connectivity index (χ0n) is 8.10. The average Bonchev–Trinajstić information content (AvgIpc) is 2.59. The molecule has 0 saturated carbocycles. The maximum absolute atomic E-state index is 10.7. The van der Waals surface area contributed by atoms with Crippen molar-refractivity contribution >= 4 is 16.9 Å². The number of carboxylic acid groups (broad SMARTS) is 1. The second-order valence-electron chi connectivity index (χ2n) is 3.38. The normalized spacial score (nSPS) is 12.9. The van der Waals surface area contributed by atoms with Crippen molar-refractivity contribution in [1.29, 1.82) is 0 Å². The van der Waals surface area contributed by atoms with Crippen molar-refractivity contribution in [2.45, 2.75) is 13.0 Å². The first-order valence-electron chi connectivity index (χ1n) is 4.49. The number of benzene rings is 1. The Labute approximate surface area is 85.8 Å². The van der Waals surface area contributed by atoms with E-state index in [0.717, 1.165) is 10.9 Å². The molecular weight excluding hydrogens is 196 g/mol. The minimum absolute atomic E-state index is 0.285. The van der Waals surface area contributed by atoms with Gasteiger partial charge in [0, 0.05) is 10.9 Å². The number of para-hydroxylation sites is 1. The van der Waals surface area contributed by atoms with E-state index in [-0.39, 0.29) is 5.56 Å². The summed E-state index contributed by atoms with van der Waals surface area (Å²) in [5.41, 5.74) is 1.64. The topological polar surface area (TPSA) is 70.7 Å². The molecular formula is C11H10O4. The number of rotatable bonds is 2. The number of carbonyl (C=O) groups is 1. The Bertz CT molecular complexity index is 512. The van der Waals surface area contributed by atoms with Gasteiger partial charge in [0.25, 0.3) is 0 Å². The van der Waals surface area contributed by atoms with E-state index in [0.29, 0.717) is 5.58 Å². The van der Waals surface area contributed by atoms with Crippen molar-refractivity contribution in [2.75, 3.05) is 0 Å². The molecule has 0 amide bonds. The lowest BCUT2D eigenvalue weighted by Gasteiger charge is -2.05. The number of fused-ring (bicyclic) bond motifs is 1. The molecule has 4 nitrogen and oxygen atoms in total. The molecule has 0 aliphatic heterocycles. The van der Waals surface area contributed by atoms with Gasteiger partial charge in [-0.15, -0.1) is 0 Å². The summed E-state index contributed by atoms with van der Waals surface area (Å²) >= 11 is 0. The lowest BCUT2D eigenvalue weighted by molar-refractivity contribution is -0.146. The first-order valence-corrected chi connectivity index (χ1v) is 4.49. The third-order valence-electron chi connectivity index (χ3n) is 2.35. The average molecular weight is 206 g/mol. The van der Waals surface area contributed by atoms with E-state index in [1.807, 2.05) is 13.0 Å². The highest BCUT2D eigenvalue weighted by Gasteiger charge is 2.20. The van der Waals surface area contributed by atoms with Crippen molar-refractivity contribution in [1.82, 2.24) is 0 Å². The number of furan rings is 1. The summed E-state index contributed by atoms with van der Waals surface area (Å²) in [6.45, 7) is 1.86. The maximum atomic E-state index is 10.7. The predicted molar refractivity (Wildman–Crippen MR) is 53.5 cm³/mol. The highest BCUT2D eigenvalue weighted by molar-refractivity contribution is 5.88. The molecule has 78 valence electrons. The highest BCUT2D eigenvalue weighted by Crippen LogP contribution is 2.27. The van der Waals surface area contributed by atoms with Crippen LogP contribution in [0.4, 0.5) is 0 Å². The van der Waals surface area contributed by atoms with Crippen molar-refractivity contribution in [3.8, 4) is 0 Å². The molecule has 0 saturated heterocycles. The molecule has 0 bridgehead atoms. The van der Waals surface area contributed by atoms with Crippen molar-refractivity contribution in [3.63, 3.8) is 0 Å². The molecule has 2 N–H and O–H groups in total. The smallest absolute Gasteiger partial charge is 0.337 e. The van der Waals surface area contributed by atoms with Gasteiger partial charge in [0.05, 0.1) is 6.26 Å². The Kier molecular flexibility index (Phi) is 2.21. The SMILES string of the molecule is Cc1coc2c(C(O)C(=O)O)cccc12. The van der Waals surface area contributed by atoms with Crippen LogP contribution in [0.3, 0.4) is 0 Å². The van der Waals surface area contributed by atoms with E-state index in [1.165, 1.54) is 0 Å². The lowest BCUT2D eigenvalue weighted by Crippen LogP contribution is -2.10. The third kappa shape index (κ3) is 1.49. The Hall–Kier alpha value is -1.81. The second-order valence-corrected chi connectivity index (χ2v) is 3.38. The predicted octanol–water partition coefficient (Wildman–Crippen LogP) is 1.86. The van der Waals surface area contributed by atoms with Crippen LogP contribution in [0.5, 0.6) is 0 Å². The molecule has 0 fully saturated rings. The van der Waals surface area contributed by atoms with Crippen LogP contribution in [-0.4, -0.2) is 16.2 Å². The number of carboxylic acids is 1. The van der Waals surface area contributed by atoms with Gasteiger partial charge in [0.15, 0.2) is 6.10 Å². The maximum Gasteiger partial charge on any atom is 0.337 e. The molecule has 0 radical (unpaired) electrons. The number of aliphatic hydroxyl groups is 1. The van der Waals surface area contributed by atoms with Crippen molar-refractivity contribution in [2.24, 2.45) is 0 Å². The Morgan fingerprint density at radius 2 is 2.20 bits per heavy atom. The Balaban J connectivity index is 2.66. The zero-order valence-corrected chi connectivity index (χ0v) is 8.10. The minimum atomic E-state index is -1.54. The number of aliphatic carboxylic acids is 1. The van der Waals surface area contributed by atoms with E-state index in [1.54, 1.807) is 18.4 Å². The molecule has 1 aromatic heterocycles. The summed E-state index contributed by atoms with van der Waals surface area (Å²) in [6.07, 6.45) is 0.00202. The highest BCUT2D eigenvalue weighted by atomic mass is 16.4.